The molecule has 1 atom stereocenters. The van der Waals surface area contributed by atoms with Gasteiger partial charge in [-0.1, -0.05) is 13.8 Å². The molecule has 0 bridgehead atoms. The van der Waals surface area contributed by atoms with Crippen LogP contribution in [0.4, 0.5) is 0 Å². The van der Waals surface area contributed by atoms with Crippen LogP contribution in [0.2, 0.25) is 0 Å². The van der Waals surface area contributed by atoms with Crippen molar-refractivity contribution in [1.82, 2.24) is 10.3 Å². The van der Waals surface area contributed by atoms with E-state index in [1.54, 1.807) is 0 Å². The van der Waals surface area contributed by atoms with Gasteiger partial charge in [0.25, 0.3) is 0 Å². The van der Waals surface area contributed by atoms with Crippen LogP contribution in [-0.4, -0.2) is 17.3 Å². The fraction of sp³-hybridized carbons (Fsp3) is 0.750. The van der Waals surface area contributed by atoms with Gasteiger partial charge in [-0.25, -0.2) is 4.98 Å². The summed E-state index contributed by atoms with van der Waals surface area (Å²) in [7, 11) is 0. The van der Waals surface area contributed by atoms with Crippen molar-refractivity contribution in [3.63, 3.8) is 0 Å². The Hall–Kier alpha value is -0.0600. The lowest BCUT2D eigenvalue weighted by Gasteiger charge is -2.09. The summed E-state index contributed by atoms with van der Waals surface area (Å²) in [6.07, 6.45) is 1.25. The SMILES string of the molecule is CCCSCc1nc(C)c(C(C)NCC)s1. The minimum atomic E-state index is 0.437. The van der Waals surface area contributed by atoms with Crippen molar-refractivity contribution in [2.45, 2.75) is 45.9 Å². The predicted octanol–water partition coefficient (Wildman–Crippen LogP) is 3.77. The highest BCUT2D eigenvalue weighted by Crippen LogP contribution is 2.27. The lowest BCUT2D eigenvalue weighted by Crippen LogP contribution is -2.17. The number of thiazole rings is 1. The zero-order valence-corrected chi connectivity index (χ0v) is 12.3. The first kappa shape index (κ1) is 14.0. The van der Waals surface area contributed by atoms with Gasteiger partial charge in [0.2, 0.25) is 0 Å². The van der Waals surface area contributed by atoms with Gasteiger partial charge in [0.15, 0.2) is 0 Å². The molecule has 1 rings (SSSR count). The number of aryl methyl sites for hydroxylation is 1. The summed E-state index contributed by atoms with van der Waals surface area (Å²) in [6.45, 7) is 9.71. The quantitative estimate of drug-likeness (QED) is 0.754. The molecule has 2 nitrogen and oxygen atoms in total. The van der Waals surface area contributed by atoms with E-state index in [9.17, 15) is 0 Å². The third kappa shape index (κ3) is 4.07. The number of nitrogens with one attached hydrogen (secondary N) is 1. The van der Waals surface area contributed by atoms with Crippen molar-refractivity contribution in [2.24, 2.45) is 0 Å². The molecule has 0 amide bonds. The lowest BCUT2D eigenvalue weighted by molar-refractivity contribution is 0.603. The Labute approximate surface area is 107 Å². The largest absolute Gasteiger partial charge is 0.310 e. The number of hydrogen-bond acceptors (Lipinski definition) is 4. The summed E-state index contributed by atoms with van der Waals surface area (Å²) >= 11 is 3.84. The molecule has 0 aliphatic rings. The summed E-state index contributed by atoms with van der Waals surface area (Å²) in [5, 5.41) is 4.72. The van der Waals surface area contributed by atoms with Gasteiger partial charge in [-0.05, 0) is 32.6 Å². The molecule has 1 unspecified atom stereocenters. The van der Waals surface area contributed by atoms with Crippen LogP contribution in [0.5, 0.6) is 0 Å². The molecule has 1 aromatic heterocycles. The van der Waals surface area contributed by atoms with Crippen LogP contribution in [0.1, 0.15) is 48.8 Å². The van der Waals surface area contributed by atoms with Gasteiger partial charge in [0, 0.05) is 16.7 Å². The molecular weight excluding hydrogens is 236 g/mol. The van der Waals surface area contributed by atoms with Crippen LogP contribution in [0.15, 0.2) is 0 Å². The Morgan fingerprint density at radius 3 is 2.81 bits per heavy atom. The fourth-order valence-electron chi connectivity index (χ4n) is 1.63. The Bertz CT molecular complexity index is 310. The van der Waals surface area contributed by atoms with Crippen LogP contribution >= 0.6 is 23.1 Å². The molecule has 16 heavy (non-hydrogen) atoms. The highest BCUT2D eigenvalue weighted by molar-refractivity contribution is 7.98. The zero-order valence-electron chi connectivity index (χ0n) is 10.7. The van der Waals surface area contributed by atoms with E-state index in [4.69, 9.17) is 0 Å². The van der Waals surface area contributed by atoms with Crippen molar-refractivity contribution in [3.05, 3.63) is 15.6 Å². The molecule has 0 saturated heterocycles. The Balaban J connectivity index is 2.58. The average molecular weight is 258 g/mol. The molecule has 4 heteroatoms. The van der Waals surface area contributed by atoms with Crippen LogP contribution < -0.4 is 5.32 Å². The van der Waals surface area contributed by atoms with Crippen LogP contribution in [0.3, 0.4) is 0 Å². The fourth-order valence-corrected chi connectivity index (χ4v) is 3.68. The molecule has 1 aromatic rings. The minimum absolute atomic E-state index is 0.437. The molecule has 0 spiro atoms. The highest BCUT2D eigenvalue weighted by atomic mass is 32.2. The standard InChI is InChI=1S/C12H22N2S2/c1-5-7-15-8-11-14-10(4)12(16-11)9(3)13-6-2/h9,13H,5-8H2,1-4H3. The lowest BCUT2D eigenvalue weighted by atomic mass is 10.2. The predicted molar refractivity (Wildman–Crippen MR) is 75.4 cm³/mol. The third-order valence-corrected chi connectivity index (χ3v) is 5.05. The van der Waals surface area contributed by atoms with Gasteiger partial charge in [-0.3, -0.25) is 0 Å². The van der Waals surface area contributed by atoms with Crippen molar-refractivity contribution < 1.29 is 0 Å². The first-order valence-electron chi connectivity index (χ1n) is 5.96. The number of thioether (sulfide) groups is 1. The Morgan fingerprint density at radius 2 is 2.19 bits per heavy atom. The van der Waals surface area contributed by atoms with E-state index in [0.717, 1.165) is 12.3 Å². The third-order valence-electron chi connectivity index (χ3n) is 2.35. The van der Waals surface area contributed by atoms with Gasteiger partial charge in [0.1, 0.15) is 5.01 Å². The van der Waals surface area contributed by atoms with E-state index in [-0.39, 0.29) is 0 Å². The maximum atomic E-state index is 4.64. The van der Waals surface area contributed by atoms with Crippen molar-refractivity contribution >= 4 is 23.1 Å². The molecule has 0 saturated carbocycles. The molecule has 92 valence electrons. The zero-order chi connectivity index (χ0) is 12.0. The number of nitrogens with zero attached hydrogens (tertiary/aromatic N) is 1. The van der Waals surface area contributed by atoms with E-state index >= 15 is 0 Å². The molecule has 1 N–H and O–H groups in total. The molecule has 0 aliphatic carbocycles. The van der Waals surface area contributed by atoms with Crippen molar-refractivity contribution in [2.75, 3.05) is 12.3 Å². The Morgan fingerprint density at radius 1 is 1.44 bits per heavy atom. The van der Waals surface area contributed by atoms with Crippen LogP contribution in [-0.2, 0) is 5.75 Å². The van der Waals surface area contributed by atoms with E-state index in [0.29, 0.717) is 6.04 Å². The number of hydrogen-bond donors (Lipinski definition) is 1. The van der Waals surface area contributed by atoms with Gasteiger partial charge < -0.3 is 5.32 Å². The smallest absolute Gasteiger partial charge is 0.103 e. The summed E-state index contributed by atoms with van der Waals surface area (Å²) in [4.78, 5) is 6.04. The van der Waals surface area contributed by atoms with Gasteiger partial charge >= 0.3 is 0 Å². The highest BCUT2D eigenvalue weighted by Gasteiger charge is 2.12. The summed E-state index contributed by atoms with van der Waals surface area (Å²) < 4.78 is 0. The summed E-state index contributed by atoms with van der Waals surface area (Å²) in [5.74, 6) is 2.30. The van der Waals surface area contributed by atoms with Gasteiger partial charge in [0.05, 0.1) is 5.69 Å². The normalized spacial score (nSPS) is 13.0. The molecule has 0 aromatic carbocycles. The maximum Gasteiger partial charge on any atom is 0.103 e. The first-order valence-corrected chi connectivity index (χ1v) is 7.93. The van der Waals surface area contributed by atoms with E-state index < -0.39 is 0 Å². The summed E-state index contributed by atoms with van der Waals surface area (Å²) in [5.41, 5.74) is 1.20. The van der Waals surface area contributed by atoms with Crippen LogP contribution in [0.25, 0.3) is 0 Å². The second-order valence-electron chi connectivity index (χ2n) is 3.89. The number of aromatic nitrogens is 1. The monoisotopic (exact) mass is 258 g/mol. The molecular formula is C12H22N2S2. The second kappa shape index (κ2) is 7.30. The first-order chi connectivity index (χ1) is 7.69. The van der Waals surface area contributed by atoms with Crippen LogP contribution in [0, 0.1) is 6.92 Å². The molecule has 0 aliphatic heterocycles. The maximum absolute atomic E-state index is 4.64. The van der Waals surface area contributed by atoms with E-state index in [1.165, 1.54) is 27.8 Å². The van der Waals surface area contributed by atoms with Gasteiger partial charge in [-0.2, -0.15) is 11.8 Å². The molecule has 0 radical (unpaired) electrons. The van der Waals surface area contributed by atoms with E-state index in [1.807, 2.05) is 23.1 Å². The average Bonchev–Trinajstić information content (AvgIpc) is 2.61. The molecule has 0 fully saturated rings. The summed E-state index contributed by atoms with van der Waals surface area (Å²) in [6, 6.07) is 0.437. The number of rotatable bonds is 7. The van der Waals surface area contributed by atoms with Crippen molar-refractivity contribution in [1.29, 1.82) is 0 Å². The minimum Gasteiger partial charge on any atom is -0.310 e. The second-order valence-corrected chi connectivity index (χ2v) is 6.11. The van der Waals surface area contributed by atoms with E-state index in [2.05, 4.69) is 38.0 Å². The topological polar surface area (TPSA) is 24.9 Å². The molecule has 1 heterocycles. The Kier molecular flexibility index (Phi) is 6.39. The van der Waals surface area contributed by atoms with Gasteiger partial charge in [-0.15, -0.1) is 11.3 Å². The van der Waals surface area contributed by atoms with Crippen molar-refractivity contribution in [3.8, 4) is 0 Å².